The van der Waals surface area contributed by atoms with Crippen molar-refractivity contribution >= 4 is 11.6 Å². The van der Waals surface area contributed by atoms with Gasteiger partial charge in [0.15, 0.2) is 0 Å². The molecule has 1 unspecified atom stereocenters. The molecule has 0 radical (unpaired) electrons. The van der Waals surface area contributed by atoms with Crippen LogP contribution in [-0.4, -0.2) is 39.4 Å². The van der Waals surface area contributed by atoms with Gasteiger partial charge in [-0.15, -0.1) is 0 Å². The van der Waals surface area contributed by atoms with E-state index in [-0.39, 0.29) is 5.54 Å². The van der Waals surface area contributed by atoms with Crippen LogP contribution >= 0.6 is 11.6 Å². The van der Waals surface area contributed by atoms with Crippen molar-refractivity contribution in [2.24, 2.45) is 0 Å². The van der Waals surface area contributed by atoms with Gasteiger partial charge in [-0.1, -0.05) is 25.4 Å². The zero-order valence-corrected chi connectivity index (χ0v) is 12.7. The zero-order chi connectivity index (χ0) is 13.9. The molecule has 5 heteroatoms. The van der Waals surface area contributed by atoms with Gasteiger partial charge in [0.25, 0.3) is 0 Å². The number of aromatic nitrogens is 2. The van der Waals surface area contributed by atoms with Crippen LogP contribution in [0.15, 0.2) is 6.20 Å². The summed E-state index contributed by atoms with van der Waals surface area (Å²) in [5.74, 6) is 0. The SMILES string of the molecule is CCn1ncc(Cl)c1C(O)C(CC)(CC)N(C)C. The van der Waals surface area contributed by atoms with Gasteiger partial charge in [-0.05, 0) is 33.9 Å². The number of rotatable bonds is 6. The van der Waals surface area contributed by atoms with Gasteiger partial charge in [0.1, 0.15) is 6.10 Å². The molecule has 0 bridgehead atoms. The third kappa shape index (κ3) is 2.42. The Bertz CT molecular complexity index is 386. The first-order valence-electron chi connectivity index (χ1n) is 6.51. The van der Waals surface area contributed by atoms with Crippen LogP contribution in [-0.2, 0) is 6.54 Å². The van der Waals surface area contributed by atoms with Crippen LogP contribution in [0.5, 0.6) is 0 Å². The van der Waals surface area contributed by atoms with E-state index in [4.69, 9.17) is 11.6 Å². The van der Waals surface area contributed by atoms with Gasteiger partial charge in [0.05, 0.1) is 22.5 Å². The van der Waals surface area contributed by atoms with Gasteiger partial charge >= 0.3 is 0 Å². The Morgan fingerprint density at radius 3 is 2.33 bits per heavy atom. The second-order valence-corrected chi connectivity index (χ2v) is 5.21. The van der Waals surface area contributed by atoms with Crippen molar-refractivity contribution in [3.8, 4) is 0 Å². The van der Waals surface area contributed by atoms with Gasteiger partial charge in [-0.25, -0.2) is 0 Å². The summed E-state index contributed by atoms with van der Waals surface area (Å²) in [4.78, 5) is 2.08. The molecule has 4 nitrogen and oxygen atoms in total. The molecule has 0 aliphatic carbocycles. The van der Waals surface area contributed by atoms with Crippen LogP contribution < -0.4 is 0 Å². The molecule has 0 aliphatic rings. The highest BCUT2D eigenvalue weighted by Gasteiger charge is 2.40. The number of halogens is 1. The third-order valence-corrected chi connectivity index (χ3v) is 4.31. The highest BCUT2D eigenvalue weighted by Crippen LogP contribution is 2.38. The maximum Gasteiger partial charge on any atom is 0.115 e. The Morgan fingerprint density at radius 2 is 1.94 bits per heavy atom. The Labute approximate surface area is 115 Å². The molecule has 1 heterocycles. The fraction of sp³-hybridized carbons (Fsp3) is 0.769. The Kier molecular flexibility index (Phi) is 5.20. The largest absolute Gasteiger partial charge is 0.385 e. The molecular weight excluding hydrogens is 250 g/mol. The molecular formula is C13H24ClN3O. The summed E-state index contributed by atoms with van der Waals surface area (Å²) in [6.07, 6.45) is 2.67. The van der Waals surface area contributed by atoms with Gasteiger partial charge in [-0.2, -0.15) is 5.10 Å². The van der Waals surface area contributed by atoms with Crippen molar-refractivity contribution in [1.82, 2.24) is 14.7 Å². The normalized spacial score (nSPS) is 14.2. The van der Waals surface area contributed by atoms with E-state index in [1.807, 2.05) is 21.0 Å². The van der Waals surface area contributed by atoms with Gasteiger partial charge < -0.3 is 10.0 Å². The highest BCUT2D eigenvalue weighted by molar-refractivity contribution is 6.31. The van der Waals surface area contributed by atoms with E-state index in [2.05, 4.69) is 23.8 Å². The minimum atomic E-state index is -0.641. The molecule has 0 fully saturated rings. The van der Waals surface area contributed by atoms with Crippen molar-refractivity contribution in [2.75, 3.05) is 14.1 Å². The molecule has 18 heavy (non-hydrogen) atoms. The summed E-state index contributed by atoms with van der Waals surface area (Å²) in [6.45, 7) is 6.88. The summed E-state index contributed by atoms with van der Waals surface area (Å²) in [6, 6.07) is 0. The number of hydrogen-bond donors (Lipinski definition) is 1. The number of nitrogens with zero attached hydrogens (tertiary/aromatic N) is 3. The van der Waals surface area contributed by atoms with Crippen molar-refractivity contribution in [1.29, 1.82) is 0 Å². The summed E-state index contributed by atoms with van der Waals surface area (Å²) in [5.41, 5.74) is 0.410. The predicted molar refractivity (Wildman–Crippen MR) is 74.9 cm³/mol. The molecule has 0 aliphatic heterocycles. The first-order chi connectivity index (χ1) is 8.44. The Morgan fingerprint density at radius 1 is 1.39 bits per heavy atom. The fourth-order valence-corrected chi connectivity index (χ4v) is 2.91. The molecule has 0 saturated carbocycles. The van der Waals surface area contributed by atoms with Gasteiger partial charge in [-0.3, -0.25) is 4.68 Å². The predicted octanol–water partition coefficient (Wildman–Crippen LogP) is 2.71. The summed E-state index contributed by atoms with van der Waals surface area (Å²) >= 11 is 6.18. The van der Waals surface area contributed by atoms with E-state index in [0.717, 1.165) is 18.5 Å². The lowest BCUT2D eigenvalue weighted by Gasteiger charge is -2.42. The molecule has 0 amide bonds. The van der Waals surface area contributed by atoms with Crippen LogP contribution in [0.2, 0.25) is 5.02 Å². The quantitative estimate of drug-likeness (QED) is 0.866. The minimum absolute atomic E-state index is 0.309. The summed E-state index contributed by atoms with van der Waals surface area (Å²) in [5, 5.41) is 15.5. The smallest absolute Gasteiger partial charge is 0.115 e. The van der Waals surface area contributed by atoms with Crippen LogP contribution in [0.1, 0.15) is 45.4 Å². The van der Waals surface area contributed by atoms with E-state index in [9.17, 15) is 5.11 Å². The second kappa shape index (κ2) is 6.04. The number of hydrogen-bond acceptors (Lipinski definition) is 3. The zero-order valence-electron chi connectivity index (χ0n) is 11.9. The highest BCUT2D eigenvalue weighted by atomic mass is 35.5. The van der Waals surface area contributed by atoms with E-state index in [0.29, 0.717) is 11.6 Å². The molecule has 104 valence electrons. The van der Waals surface area contributed by atoms with E-state index in [1.54, 1.807) is 10.9 Å². The van der Waals surface area contributed by atoms with Crippen LogP contribution in [0, 0.1) is 0 Å². The van der Waals surface area contributed by atoms with Crippen molar-refractivity contribution in [3.63, 3.8) is 0 Å². The fourth-order valence-electron chi connectivity index (χ4n) is 2.66. The molecule has 1 N–H and O–H groups in total. The lowest BCUT2D eigenvalue weighted by atomic mass is 9.83. The molecule has 0 aromatic carbocycles. The molecule has 0 spiro atoms. The average molecular weight is 274 g/mol. The molecule has 1 rings (SSSR count). The summed E-state index contributed by atoms with van der Waals surface area (Å²) < 4.78 is 1.77. The number of aliphatic hydroxyl groups excluding tert-OH is 1. The van der Waals surface area contributed by atoms with Crippen LogP contribution in [0.4, 0.5) is 0 Å². The maximum atomic E-state index is 10.8. The standard InChI is InChI=1S/C13H24ClN3O/c1-6-13(7-2,16(4)5)12(18)11-10(14)9-15-17(11)8-3/h9,12,18H,6-8H2,1-5H3. The maximum absolute atomic E-state index is 10.8. The van der Waals surface area contributed by atoms with Crippen molar-refractivity contribution in [3.05, 3.63) is 16.9 Å². The lowest BCUT2D eigenvalue weighted by molar-refractivity contribution is -0.0197. The topological polar surface area (TPSA) is 41.3 Å². The molecule has 0 saturated heterocycles. The van der Waals surface area contributed by atoms with Crippen molar-refractivity contribution < 1.29 is 5.11 Å². The minimum Gasteiger partial charge on any atom is -0.385 e. The van der Waals surface area contributed by atoms with Gasteiger partial charge in [0, 0.05) is 6.54 Å². The average Bonchev–Trinajstić information content (AvgIpc) is 2.71. The summed E-state index contributed by atoms with van der Waals surface area (Å²) in [7, 11) is 3.99. The lowest BCUT2D eigenvalue weighted by Crippen LogP contribution is -2.49. The molecule has 1 aromatic heterocycles. The molecule has 1 aromatic rings. The first-order valence-corrected chi connectivity index (χ1v) is 6.89. The molecule has 1 atom stereocenters. The van der Waals surface area contributed by atoms with E-state index >= 15 is 0 Å². The van der Waals surface area contributed by atoms with Crippen LogP contribution in [0.25, 0.3) is 0 Å². The first kappa shape index (κ1) is 15.5. The Hall–Kier alpha value is -0.580. The monoisotopic (exact) mass is 273 g/mol. The number of aliphatic hydroxyl groups is 1. The second-order valence-electron chi connectivity index (χ2n) is 4.80. The Balaban J connectivity index is 3.25. The van der Waals surface area contributed by atoms with Crippen molar-refractivity contribution in [2.45, 2.75) is 51.8 Å². The van der Waals surface area contributed by atoms with Gasteiger partial charge in [0.2, 0.25) is 0 Å². The number of likely N-dealkylation sites (N-methyl/N-ethyl adjacent to an activating group) is 1. The van der Waals surface area contributed by atoms with Crippen LogP contribution in [0.3, 0.4) is 0 Å². The third-order valence-electron chi connectivity index (χ3n) is 4.02. The van der Waals surface area contributed by atoms with E-state index in [1.165, 1.54) is 0 Å². The number of aryl methyl sites for hydroxylation is 1. The van der Waals surface area contributed by atoms with E-state index < -0.39 is 6.10 Å².